The van der Waals surface area contributed by atoms with E-state index in [-0.39, 0.29) is 6.61 Å². The lowest BCUT2D eigenvalue weighted by Crippen LogP contribution is -2.50. The molecule has 24 heavy (non-hydrogen) atoms. The Kier molecular flexibility index (Phi) is 5.51. The van der Waals surface area contributed by atoms with Crippen LogP contribution in [0.2, 0.25) is 0 Å². The monoisotopic (exact) mass is 331 g/mol. The van der Waals surface area contributed by atoms with Crippen LogP contribution in [-0.4, -0.2) is 31.9 Å². The van der Waals surface area contributed by atoms with Crippen molar-refractivity contribution < 1.29 is 19.0 Å². The molecule has 0 aromatic heterocycles. The summed E-state index contributed by atoms with van der Waals surface area (Å²) in [5.41, 5.74) is -0.103. The molecule has 2 atom stereocenters. The summed E-state index contributed by atoms with van der Waals surface area (Å²) < 4.78 is 16.2. The molecule has 1 heterocycles. The number of hydrogen-bond donors (Lipinski definition) is 0. The first kappa shape index (κ1) is 18.3. The highest BCUT2D eigenvalue weighted by molar-refractivity contribution is 5.77. The first-order valence-electron chi connectivity index (χ1n) is 8.23. The molecule has 5 heteroatoms. The second-order valence-electron chi connectivity index (χ2n) is 6.73. The molecular formula is C19H25NO4. The zero-order valence-electron chi connectivity index (χ0n) is 14.8. The summed E-state index contributed by atoms with van der Waals surface area (Å²) in [7, 11) is 1.61. The van der Waals surface area contributed by atoms with Gasteiger partial charge < -0.3 is 14.2 Å². The Morgan fingerprint density at radius 1 is 1.38 bits per heavy atom. The molecule has 1 fully saturated rings. The smallest absolute Gasteiger partial charge is 0.324 e. The fourth-order valence-electron chi connectivity index (χ4n) is 3.62. The van der Waals surface area contributed by atoms with E-state index in [1.165, 1.54) is 0 Å². The molecule has 1 saturated heterocycles. The van der Waals surface area contributed by atoms with Gasteiger partial charge in [0.05, 0.1) is 25.4 Å². The molecule has 2 rings (SSSR count). The number of carbonyl (C=O) groups excluding carboxylic acids is 1. The van der Waals surface area contributed by atoms with Crippen molar-refractivity contribution in [1.82, 2.24) is 0 Å². The molecule has 0 spiro atoms. The number of carbonyl (C=O) groups is 1. The van der Waals surface area contributed by atoms with Crippen LogP contribution >= 0.6 is 0 Å². The van der Waals surface area contributed by atoms with Gasteiger partial charge in [-0.05, 0) is 51.3 Å². The molecule has 0 saturated carbocycles. The Bertz CT molecular complexity index is 617. The average molecular weight is 331 g/mol. The number of benzene rings is 1. The molecule has 130 valence electrons. The van der Waals surface area contributed by atoms with E-state index in [4.69, 9.17) is 14.2 Å². The Balaban J connectivity index is 2.51. The first-order chi connectivity index (χ1) is 11.4. The lowest BCUT2D eigenvalue weighted by molar-refractivity contribution is -0.153. The van der Waals surface area contributed by atoms with Crippen molar-refractivity contribution in [3.05, 3.63) is 29.8 Å². The van der Waals surface area contributed by atoms with Crippen molar-refractivity contribution in [2.75, 3.05) is 20.3 Å². The lowest BCUT2D eigenvalue weighted by atomic mass is 9.62. The molecule has 1 aliphatic rings. The zero-order chi connectivity index (χ0) is 17.8. The maximum atomic E-state index is 12.5. The molecule has 0 bridgehead atoms. The van der Waals surface area contributed by atoms with Crippen LogP contribution < -0.4 is 4.74 Å². The minimum Gasteiger partial charge on any atom is -0.497 e. The second kappa shape index (κ2) is 7.23. The molecule has 1 aliphatic heterocycles. The van der Waals surface area contributed by atoms with E-state index < -0.39 is 22.9 Å². The van der Waals surface area contributed by atoms with E-state index >= 15 is 0 Å². The molecule has 0 radical (unpaired) electrons. The van der Waals surface area contributed by atoms with Gasteiger partial charge in [0.1, 0.15) is 5.75 Å². The van der Waals surface area contributed by atoms with Gasteiger partial charge >= 0.3 is 5.97 Å². The highest BCUT2D eigenvalue weighted by Crippen LogP contribution is 2.47. The Morgan fingerprint density at radius 2 is 2.04 bits per heavy atom. The van der Waals surface area contributed by atoms with Crippen molar-refractivity contribution in [2.45, 2.75) is 44.6 Å². The molecule has 1 aromatic carbocycles. The molecule has 0 unspecified atom stereocenters. The second-order valence-corrected chi connectivity index (χ2v) is 6.73. The fraction of sp³-hybridized carbons (Fsp3) is 0.579. The van der Waals surface area contributed by atoms with Gasteiger partial charge in [-0.25, -0.2) is 0 Å². The predicted octanol–water partition coefficient (Wildman–Crippen LogP) is 3.22. The standard InChI is InChI=1S/C19H25NO4/c1-5-23-17(21)16(12-20)19(10-11-24-18(2,3)13-19)14-6-8-15(22-4)9-7-14/h6-9,16H,5,10-11,13H2,1-4H3/t16-,19+/m1/s1. The molecule has 0 aliphatic carbocycles. The summed E-state index contributed by atoms with van der Waals surface area (Å²) in [6.07, 6.45) is 1.17. The predicted molar refractivity (Wildman–Crippen MR) is 89.7 cm³/mol. The van der Waals surface area contributed by atoms with E-state index in [0.717, 1.165) is 11.3 Å². The Hall–Kier alpha value is -2.06. The Labute approximate surface area is 143 Å². The number of nitriles is 1. The minimum absolute atomic E-state index is 0.260. The largest absolute Gasteiger partial charge is 0.497 e. The quantitative estimate of drug-likeness (QED) is 0.775. The van der Waals surface area contributed by atoms with Crippen molar-refractivity contribution >= 4 is 5.97 Å². The van der Waals surface area contributed by atoms with Crippen LogP contribution in [0.1, 0.15) is 39.2 Å². The van der Waals surface area contributed by atoms with Crippen LogP contribution in [0.25, 0.3) is 0 Å². The van der Waals surface area contributed by atoms with Crippen molar-refractivity contribution in [3.63, 3.8) is 0 Å². The average Bonchev–Trinajstić information content (AvgIpc) is 2.55. The van der Waals surface area contributed by atoms with E-state index in [0.29, 0.717) is 19.4 Å². The number of rotatable bonds is 5. The van der Waals surface area contributed by atoms with E-state index in [9.17, 15) is 10.1 Å². The normalized spacial score (nSPS) is 23.8. The van der Waals surface area contributed by atoms with Crippen LogP contribution in [0.3, 0.4) is 0 Å². The van der Waals surface area contributed by atoms with Gasteiger partial charge in [-0.3, -0.25) is 4.79 Å². The van der Waals surface area contributed by atoms with Gasteiger partial charge in [0.25, 0.3) is 0 Å². The van der Waals surface area contributed by atoms with Crippen molar-refractivity contribution in [1.29, 1.82) is 5.26 Å². The summed E-state index contributed by atoms with van der Waals surface area (Å²) in [4.78, 5) is 12.5. The number of ether oxygens (including phenoxy) is 3. The van der Waals surface area contributed by atoms with Gasteiger partial charge in [0.2, 0.25) is 0 Å². The van der Waals surface area contributed by atoms with Gasteiger partial charge in [-0.15, -0.1) is 0 Å². The highest BCUT2D eigenvalue weighted by Gasteiger charge is 2.51. The van der Waals surface area contributed by atoms with Gasteiger partial charge in [-0.2, -0.15) is 5.26 Å². The lowest BCUT2D eigenvalue weighted by Gasteiger charge is -2.46. The summed E-state index contributed by atoms with van der Waals surface area (Å²) in [6, 6.07) is 9.79. The number of hydrogen-bond acceptors (Lipinski definition) is 5. The fourth-order valence-corrected chi connectivity index (χ4v) is 3.62. The molecule has 0 N–H and O–H groups in total. The van der Waals surface area contributed by atoms with Crippen LogP contribution in [0.4, 0.5) is 0 Å². The summed E-state index contributed by atoms with van der Waals surface area (Å²) in [5.74, 6) is -0.590. The third-order valence-electron chi connectivity index (χ3n) is 4.65. The zero-order valence-corrected chi connectivity index (χ0v) is 14.8. The summed E-state index contributed by atoms with van der Waals surface area (Å²) in [6.45, 7) is 6.49. The SMILES string of the molecule is CCOC(=O)[C@@H](C#N)[C@@]1(c2ccc(OC)cc2)CCOC(C)(C)C1. The van der Waals surface area contributed by atoms with E-state index in [1.807, 2.05) is 38.1 Å². The van der Waals surface area contributed by atoms with E-state index in [2.05, 4.69) is 6.07 Å². The maximum Gasteiger partial charge on any atom is 0.324 e. The number of nitrogens with zero attached hydrogens (tertiary/aromatic N) is 1. The molecule has 0 amide bonds. The van der Waals surface area contributed by atoms with Crippen molar-refractivity contribution in [2.24, 2.45) is 5.92 Å². The highest BCUT2D eigenvalue weighted by atomic mass is 16.5. The maximum absolute atomic E-state index is 12.5. The topological polar surface area (TPSA) is 68.6 Å². The first-order valence-corrected chi connectivity index (χ1v) is 8.23. The third kappa shape index (κ3) is 3.54. The van der Waals surface area contributed by atoms with Gasteiger partial charge in [0, 0.05) is 12.0 Å². The molecule has 5 nitrogen and oxygen atoms in total. The number of esters is 1. The minimum atomic E-state index is -0.867. The van der Waals surface area contributed by atoms with Gasteiger partial charge in [0.15, 0.2) is 5.92 Å². The van der Waals surface area contributed by atoms with Crippen LogP contribution in [0, 0.1) is 17.2 Å². The van der Waals surface area contributed by atoms with Crippen LogP contribution in [0.5, 0.6) is 5.75 Å². The number of methoxy groups -OCH3 is 1. The Morgan fingerprint density at radius 3 is 2.54 bits per heavy atom. The van der Waals surface area contributed by atoms with Gasteiger partial charge in [-0.1, -0.05) is 12.1 Å². The summed E-state index contributed by atoms with van der Waals surface area (Å²) >= 11 is 0. The molecule has 1 aromatic rings. The summed E-state index contributed by atoms with van der Waals surface area (Å²) in [5, 5.41) is 9.76. The van der Waals surface area contributed by atoms with Crippen molar-refractivity contribution in [3.8, 4) is 11.8 Å². The van der Waals surface area contributed by atoms with Crippen LogP contribution in [-0.2, 0) is 19.7 Å². The third-order valence-corrected chi connectivity index (χ3v) is 4.65. The van der Waals surface area contributed by atoms with Crippen LogP contribution in [0.15, 0.2) is 24.3 Å². The van der Waals surface area contributed by atoms with E-state index in [1.54, 1.807) is 14.0 Å². The molecular weight excluding hydrogens is 306 g/mol.